The molecule has 0 atom stereocenters. The van der Waals surface area contributed by atoms with Crippen molar-refractivity contribution in [2.45, 2.75) is 13.3 Å². The van der Waals surface area contributed by atoms with Crippen LogP contribution in [0.1, 0.15) is 13.3 Å². The number of rotatable bonds is 5. The first-order chi connectivity index (χ1) is 11.8. The summed E-state index contributed by atoms with van der Waals surface area (Å²) in [5, 5.41) is 2.42. The standard InChI is InChI=1S/C17H14F4N2O2/c1-10(24)23(14-6-5-13(19)16(20)17(14)21)8-7-15(25)22-12-4-2-3-11(18)9-12/h2-6,9H,7-8H2,1H3,(H,22,25). The van der Waals surface area contributed by atoms with E-state index < -0.39 is 40.8 Å². The quantitative estimate of drug-likeness (QED) is 0.659. The largest absolute Gasteiger partial charge is 0.326 e. The third kappa shape index (κ3) is 4.56. The Morgan fingerprint density at radius 2 is 1.76 bits per heavy atom. The van der Waals surface area contributed by atoms with Crippen LogP contribution in [0.4, 0.5) is 28.9 Å². The van der Waals surface area contributed by atoms with E-state index in [9.17, 15) is 27.2 Å². The highest BCUT2D eigenvalue weighted by Gasteiger charge is 2.21. The van der Waals surface area contributed by atoms with Crippen molar-refractivity contribution in [1.29, 1.82) is 0 Å². The first-order valence-corrected chi connectivity index (χ1v) is 7.26. The zero-order chi connectivity index (χ0) is 18.6. The number of nitrogens with one attached hydrogen (secondary N) is 1. The second kappa shape index (κ2) is 7.78. The smallest absolute Gasteiger partial charge is 0.226 e. The van der Waals surface area contributed by atoms with Crippen molar-refractivity contribution in [2.24, 2.45) is 0 Å². The molecule has 0 bridgehead atoms. The molecule has 2 rings (SSSR count). The number of carbonyl (C=O) groups excluding carboxylic acids is 2. The summed E-state index contributed by atoms with van der Waals surface area (Å²) in [5.74, 6) is -6.34. The van der Waals surface area contributed by atoms with Gasteiger partial charge in [-0.3, -0.25) is 9.59 Å². The average Bonchev–Trinajstić information content (AvgIpc) is 2.54. The van der Waals surface area contributed by atoms with Gasteiger partial charge in [0, 0.05) is 25.6 Å². The lowest BCUT2D eigenvalue weighted by molar-refractivity contribution is -0.117. The van der Waals surface area contributed by atoms with Crippen LogP contribution in [-0.2, 0) is 9.59 Å². The summed E-state index contributed by atoms with van der Waals surface area (Å²) in [6.45, 7) is 0.837. The van der Waals surface area contributed by atoms with Gasteiger partial charge < -0.3 is 10.2 Å². The van der Waals surface area contributed by atoms with Crippen molar-refractivity contribution >= 4 is 23.2 Å². The molecule has 0 spiro atoms. The molecule has 25 heavy (non-hydrogen) atoms. The molecule has 2 aromatic carbocycles. The van der Waals surface area contributed by atoms with Crippen molar-refractivity contribution in [3.05, 3.63) is 59.7 Å². The van der Waals surface area contributed by atoms with Gasteiger partial charge in [0.2, 0.25) is 11.8 Å². The summed E-state index contributed by atoms with van der Waals surface area (Å²) in [4.78, 5) is 24.4. The maximum Gasteiger partial charge on any atom is 0.226 e. The molecule has 2 aromatic rings. The number of carbonyl (C=O) groups is 2. The second-order valence-electron chi connectivity index (χ2n) is 5.17. The average molecular weight is 354 g/mol. The monoisotopic (exact) mass is 354 g/mol. The van der Waals surface area contributed by atoms with Crippen LogP contribution in [0.5, 0.6) is 0 Å². The highest BCUT2D eigenvalue weighted by atomic mass is 19.2. The lowest BCUT2D eigenvalue weighted by Crippen LogP contribution is -2.33. The normalized spacial score (nSPS) is 10.4. The van der Waals surface area contributed by atoms with Gasteiger partial charge in [0.1, 0.15) is 5.82 Å². The molecule has 0 aliphatic carbocycles. The van der Waals surface area contributed by atoms with Gasteiger partial charge in [0.05, 0.1) is 5.69 Å². The first kappa shape index (κ1) is 18.4. The third-order valence-corrected chi connectivity index (χ3v) is 3.36. The van der Waals surface area contributed by atoms with E-state index in [1.54, 1.807) is 0 Å². The van der Waals surface area contributed by atoms with E-state index in [1.807, 2.05) is 0 Å². The molecule has 1 N–H and O–H groups in total. The van der Waals surface area contributed by atoms with Crippen LogP contribution >= 0.6 is 0 Å². The van der Waals surface area contributed by atoms with Gasteiger partial charge in [0.15, 0.2) is 17.5 Å². The van der Waals surface area contributed by atoms with E-state index in [2.05, 4.69) is 5.32 Å². The molecule has 8 heteroatoms. The van der Waals surface area contributed by atoms with Crippen molar-refractivity contribution in [3.8, 4) is 0 Å². The molecule has 0 saturated heterocycles. The molecule has 0 aromatic heterocycles. The zero-order valence-electron chi connectivity index (χ0n) is 13.2. The fraction of sp³-hybridized carbons (Fsp3) is 0.176. The second-order valence-corrected chi connectivity index (χ2v) is 5.17. The highest BCUT2D eigenvalue weighted by molar-refractivity contribution is 5.94. The van der Waals surface area contributed by atoms with E-state index in [0.29, 0.717) is 6.07 Å². The number of anilines is 2. The molecule has 0 heterocycles. The third-order valence-electron chi connectivity index (χ3n) is 3.36. The molecule has 0 aliphatic rings. The predicted octanol–water partition coefficient (Wildman–Crippen LogP) is 3.62. The molecule has 2 amide bonds. The van der Waals surface area contributed by atoms with E-state index in [-0.39, 0.29) is 18.7 Å². The number of halogens is 4. The molecule has 0 fully saturated rings. The van der Waals surface area contributed by atoms with E-state index in [1.165, 1.54) is 18.2 Å². The minimum atomic E-state index is -1.70. The van der Waals surface area contributed by atoms with Crippen molar-refractivity contribution in [3.63, 3.8) is 0 Å². The minimum Gasteiger partial charge on any atom is -0.326 e. The summed E-state index contributed by atoms with van der Waals surface area (Å²) in [7, 11) is 0. The Hall–Kier alpha value is -2.90. The van der Waals surface area contributed by atoms with Crippen molar-refractivity contribution < 1.29 is 27.2 Å². The molecular formula is C17H14F4N2O2. The number of benzene rings is 2. The fourth-order valence-electron chi connectivity index (χ4n) is 2.17. The number of amides is 2. The SMILES string of the molecule is CC(=O)N(CCC(=O)Nc1cccc(F)c1)c1ccc(F)c(F)c1F. The number of nitrogens with zero attached hydrogens (tertiary/aromatic N) is 1. The van der Waals surface area contributed by atoms with Gasteiger partial charge in [-0.15, -0.1) is 0 Å². The van der Waals surface area contributed by atoms with E-state index in [0.717, 1.165) is 24.0 Å². The van der Waals surface area contributed by atoms with Crippen LogP contribution in [0.25, 0.3) is 0 Å². The zero-order valence-corrected chi connectivity index (χ0v) is 13.2. The Morgan fingerprint density at radius 3 is 2.40 bits per heavy atom. The molecule has 0 radical (unpaired) electrons. The van der Waals surface area contributed by atoms with Crippen molar-refractivity contribution in [2.75, 3.05) is 16.8 Å². The number of hydrogen-bond donors (Lipinski definition) is 1. The van der Waals surface area contributed by atoms with Gasteiger partial charge in [-0.05, 0) is 30.3 Å². The van der Waals surface area contributed by atoms with Crippen LogP contribution in [0.15, 0.2) is 36.4 Å². The molecule has 4 nitrogen and oxygen atoms in total. The Morgan fingerprint density at radius 1 is 1.04 bits per heavy atom. The lowest BCUT2D eigenvalue weighted by Gasteiger charge is -2.21. The highest BCUT2D eigenvalue weighted by Crippen LogP contribution is 2.24. The van der Waals surface area contributed by atoms with Crippen LogP contribution in [0.3, 0.4) is 0 Å². The van der Waals surface area contributed by atoms with Gasteiger partial charge in [-0.25, -0.2) is 17.6 Å². The predicted molar refractivity (Wildman–Crippen MR) is 84.0 cm³/mol. The van der Waals surface area contributed by atoms with Crippen LogP contribution in [0.2, 0.25) is 0 Å². The number of hydrogen-bond acceptors (Lipinski definition) is 2. The maximum atomic E-state index is 13.8. The van der Waals surface area contributed by atoms with Gasteiger partial charge in [-0.2, -0.15) is 0 Å². The van der Waals surface area contributed by atoms with E-state index in [4.69, 9.17) is 0 Å². The topological polar surface area (TPSA) is 49.4 Å². The first-order valence-electron chi connectivity index (χ1n) is 7.26. The van der Waals surface area contributed by atoms with Gasteiger partial charge in [-0.1, -0.05) is 6.07 Å². The summed E-state index contributed by atoms with van der Waals surface area (Å²) in [6, 6.07) is 6.80. The molecule has 0 unspecified atom stereocenters. The van der Waals surface area contributed by atoms with Crippen LogP contribution < -0.4 is 10.2 Å². The van der Waals surface area contributed by atoms with E-state index >= 15 is 0 Å². The Balaban J connectivity index is 2.09. The summed E-state index contributed by atoms with van der Waals surface area (Å²) >= 11 is 0. The lowest BCUT2D eigenvalue weighted by atomic mass is 10.2. The minimum absolute atomic E-state index is 0.221. The Labute approximate surface area is 141 Å². The Bertz CT molecular complexity index is 811. The molecular weight excluding hydrogens is 340 g/mol. The maximum absolute atomic E-state index is 13.8. The van der Waals surface area contributed by atoms with Crippen molar-refractivity contribution in [1.82, 2.24) is 0 Å². The summed E-state index contributed by atoms with van der Waals surface area (Å²) in [6.07, 6.45) is -0.255. The van der Waals surface area contributed by atoms with Crippen LogP contribution in [-0.4, -0.2) is 18.4 Å². The summed E-state index contributed by atoms with van der Waals surface area (Å²) < 4.78 is 53.2. The van der Waals surface area contributed by atoms with Crippen LogP contribution in [0, 0.1) is 23.3 Å². The van der Waals surface area contributed by atoms with Gasteiger partial charge in [0.25, 0.3) is 0 Å². The Kier molecular flexibility index (Phi) is 5.74. The van der Waals surface area contributed by atoms with Gasteiger partial charge >= 0.3 is 0 Å². The molecule has 0 saturated carbocycles. The molecule has 0 aliphatic heterocycles. The summed E-state index contributed by atoms with van der Waals surface area (Å²) in [5.41, 5.74) is -0.247. The fourth-order valence-corrected chi connectivity index (χ4v) is 2.17. The molecule has 132 valence electrons.